The molecule has 0 aliphatic carbocycles. The maximum Gasteiger partial charge on any atom is 0.244 e. The van der Waals surface area contributed by atoms with Crippen LogP contribution in [0, 0.1) is 13.8 Å². The van der Waals surface area contributed by atoms with Crippen LogP contribution in [-0.2, 0) is 4.79 Å². The second kappa shape index (κ2) is 5.40. The van der Waals surface area contributed by atoms with Gasteiger partial charge in [-0.15, -0.1) is 0 Å². The summed E-state index contributed by atoms with van der Waals surface area (Å²) in [7, 11) is 0. The lowest BCUT2D eigenvalue weighted by Crippen LogP contribution is -2.49. The van der Waals surface area contributed by atoms with Gasteiger partial charge in [0.1, 0.15) is 6.04 Å². The van der Waals surface area contributed by atoms with Gasteiger partial charge in [0.25, 0.3) is 0 Å². The second-order valence-corrected chi connectivity index (χ2v) is 4.83. The van der Waals surface area contributed by atoms with Crippen molar-refractivity contribution < 1.29 is 4.79 Å². The van der Waals surface area contributed by atoms with E-state index in [0.717, 1.165) is 25.2 Å². The molecule has 2 rings (SSSR count). The number of nitrogens with zero attached hydrogens (tertiary/aromatic N) is 1. The number of carbonyl (C=O) groups is 1. The molecular formula is C14H21N3O. The Morgan fingerprint density at radius 1 is 1.39 bits per heavy atom. The zero-order valence-electron chi connectivity index (χ0n) is 11.1. The fourth-order valence-corrected chi connectivity index (χ4v) is 2.64. The third kappa shape index (κ3) is 2.34. The minimum Gasteiger partial charge on any atom is -0.358 e. The number of hydrogen-bond donors (Lipinski definition) is 2. The van der Waals surface area contributed by atoms with Crippen molar-refractivity contribution in [1.82, 2.24) is 5.32 Å². The first-order chi connectivity index (χ1) is 8.65. The molecule has 0 radical (unpaired) electrons. The molecule has 4 heteroatoms. The molecule has 18 heavy (non-hydrogen) atoms. The molecule has 1 unspecified atom stereocenters. The highest BCUT2D eigenvalue weighted by Crippen LogP contribution is 2.27. The van der Waals surface area contributed by atoms with Gasteiger partial charge < -0.3 is 16.0 Å². The maximum atomic E-state index is 12.0. The van der Waals surface area contributed by atoms with Crippen molar-refractivity contribution in [1.29, 1.82) is 0 Å². The summed E-state index contributed by atoms with van der Waals surface area (Å²) in [6.45, 7) is 6.11. The van der Waals surface area contributed by atoms with Crippen molar-refractivity contribution in [2.45, 2.75) is 26.3 Å². The van der Waals surface area contributed by atoms with Gasteiger partial charge in [-0.3, -0.25) is 4.79 Å². The molecule has 0 saturated carbocycles. The van der Waals surface area contributed by atoms with Gasteiger partial charge in [0.2, 0.25) is 5.91 Å². The Morgan fingerprint density at radius 3 is 2.67 bits per heavy atom. The molecule has 1 amide bonds. The summed E-state index contributed by atoms with van der Waals surface area (Å²) in [5.41, 5.74) is 9.34. The third-order valence-corrected chi connectivity index (χ3v) is 3.50. The number of para-hydroxylation sites is 1. The highest BCUT2D eigenvalue weighted by molar-refractivity contribution is 5.86. The molecule has 1 heterocycles. The summed E-state index contributed by atoms with van der Waals surface area (Å²) < 4.78 is 0. The van der Waals surface area contributed by atoms with Gasteiger partial charge in [-0.1, -0.05) is 18.2 Å². The molecule has 0 spiro atoms. The lowest BCUT2D eigenvalue weighted by molar-refractivity contribution is -0.121. The number of rotatable bonds is 2. The fraction of sp³-hybridized carbons (Fsp3) is 0.500. The molecule has 1 aliphatic heterocycles. The van der Waals surface area contributed by atoms with Crippen LogP contribution in [0.25, 0.3) is 0 Å². The van der Waals surface area contributed by atoms with Crippen LogP contribution in [0.2, 0.25) is 0 Å². The SMILES string of the molecule is Cc1cccc(C)c1N1CCCNC(=O)C1CN. The van der Waals surface area contributed by atoms with Crippen molar-refractivity contribution in [2.24, 2.45) is 5.73 Å². The van der Waals surface area contributed by atoms with Gasteiger partial charge in [-0.05, 0) is 31.4 Å². The van der Waals surface area contributed by atoms with Crippen LogP contribution >= 0.6 is 0 Å². The van der Waals surface area contributed by atoms with Crippen molar-refractivity contribution in [3.8, 4) is 0 Å². The summed E-state index contributed by atoms with van der Waals surface area (Å²) in [6.07, 6.45) is 0.954. The Labute approximate surface area is 108 Å². The van der Waals surface area contributed by atoms with Gasteiger partial charge in [-0.25, -0.2) is 0 Å². The van der Waals surface area contributed by atoms with E-state index in [9.17, 15) is 4.79 Å². The number of amides is 1. The minimum absolute atomic E-state index is 0.0395. The summed E-state index contributed by atoms with van der Waals surface area (Å²) in [5, 5.41) is 2.92. The number of nitrogens with two attached hydrogens (primary N) is 1. The Hall–Kier alpha value is -1.55. The highest BCUT2D eigenvalue weighted by Gasteiger charge is 2.28. The summed E-state index contributed by atoms with van der Waals surface area (Å²) in [6, 6.07) is 5.95. The number of anilines is 1. The van der Waals surface area contributed by atoms with Crippen LogP contribution in [0.15, 0.2) is 18.2 Å². The molecule has 1 aliphatic rings. The molecule has 1 atom stereocenters. The van der Waals surface area contributed by atoms with Crippen molar-refractivity contribution >= 4 is 11.6 Å². The fourth-order valence-electron chi connectivity index (χ4n) is 2.64. The smallest absolute Gasteiger partial charge is 0.244 e. The van der Waals surface area contributed by atoms with Crippen molar-refractivity contribution in [3.63, 3.8) is 0 Å². The topological polar surface area (TPSA) is 58.4 Å². The monoisotopic (exact) mass is 247 g/mol. The van der Waals surface area contributed by atoms with E-state index in [1.807, 2.05) is 6.07 Å². The van der Waals surface area contributed by atoms with Gasteiger partial charge in [-0.2, -0.15) is 0 Å². The zero-order valence-corrected chi connectivity index (χ0v) is 11.1. The Balaban J connectivity index is 2.42. The van der Waals surface area contributed by atoms with Crippen LogP contribution in [0.3, 0.4) is 0 Å². The molecule has 0 bridgehead atoms. The Bertz CT molecular complexity index is 424. The predicted molar refractivity (Wildman–Crippen MR) is 73.7 cm³/mol. The first-order valence-corrected chi connectivity index (χ1v) is 6.45. The van der Waals surface area contributed by atoms with Gasteiger partial charge in [0.05, 0.1) is 0 Å². The van der Waals surface area contributed by atoms with Crippen LogP contribution in [-0.4, -0.2) is 31.6 Å². The van der Waals surface area contributed by atoms with Crippen LogP contribution in [0.4, 0.5) is 5.69 Å². The van der Waals surface area contributed by atoms with E-state index in [-0.39, 0.29) is 11.9 Å². The van der Waals surface area contributed by atoms with E-state index < -0.39 is 0 Å². The molecular weight excluding hydrogens is 226 g/mol. The molecule has 0 aromatic heterocycles. The van der Waals surface area contributed by atoms with E-state index in [1.165, 1.54) is 11.1 Å². The first kappa shape index (κ1) is 12.9. The largest absolute Gasteiger partial charge is 0.358 e. The van der Waals surface area contributed by atoms with Crippen molar-refractivity contribution in [3.05, 3.63) is 29.3 Å². The molecule has 1 aromatic carbocycles. The third-order valence-electron chi connectivity index (χ3n) is 3.50. The number of benzene rings is 1. The standard InChI is InChI=1S/C14H21N3O/c1-10-5-3-6-11(2)13(10)17-8-4-7-16-14(18)12(17)9-15/h3,5-6,12H,4,7-9,15H2,1-2H3,(H,16,18). The quantitative estimate of drug-likeness (QED) is 0.818. The molecule has 1 aromatic rings. The average Bonchev–Trinajstić information content (AvgIpc) is 2.51. The van der Waals surface area contributed by atoms with Crippen LogP contribution < -0.4 is 16.0 Å². The van der Waals surface area contributed by atoms with Gasteiger partial charge in [0.15, 0.2) is 0 Å². The first-order valence-electron chi connectivity index (χ1n) is 6.45. The molecule has 1 fully saturated rings. The predicted octanol–water partition coefficient (Wildman–Crippen LogP) is 0.957. The molecule has 3 N–H and O–H groups in total. The number of hydrogen-bond acceptors (Lipinski definition) is 3. The normalized spacial score (nSPS) is 20.5. The van der Waals surface area contributed by atoms with E-state index in [1.54, 1.807) is 0 Å². The summed E-state index contributed by atoms with van der Waals surface area (Å²) in [5.74, 6) is 0.0395. The Kier molecular flexibility index (Phi) is 3.87. The van der Waals surface area contributed by atoms with Gasteiger partial charge in [0, 0.05) is 25.3 Å². The second-order valence-electron chi connectivity index (χ2n) is 4.83. The van der Waals surface area contributed by atoms with E-state index in [0.29, 0.717) is 6.54 Å². The Morgan fingerprint density at radius 2 is 2.06 bits per heavy atom. The number of nitrogens with one attached hydrogen (secondary N) is 1. The lowest BCUT2D eigenvalue weighted by atomic mass is 10.1. The summed E-state index contributed by atoms with van der Waals surface area (Å²) >= 11 is 0. The van der Waals surface area contributed by atoms with Crippen LogP contribution in [0.5, 0.6) is 0 Å². The van der Waals surface area contributed by atoms with Crippen LogP contribution in [0.1, 0.15) is 17.5 Å². The zero-order chi connectivity index (χ0) is 13.1. The molecule has 4 nitrogen and oxygen atoms in total. The minimum atomic E-state index is -0.257. The highest BCUT2D eigenvalue weighted by atomic mass is 16.2. The number of carbonyl (C=O) groups excluding carboxylic acids is 1. The summed E-state index contributed by atoms with van der Waals surface area (Å²) in [4.78, 5) is 14.2. The van der Waals surface area contributed by atoms with E-state index in [4.69, 9.17) is 5.73 Å². The maximum absolute atomic E-state index is 12.0. The number of aryl methyl sites for hydroxylation is 2. The molecule has 1 saturated heterocycles. The lowest BCUT2D eigenvalue weighted by Gasteiger charge is -2.32. The van der Waals surface area contributed by atoms with Gasteiger partial charge >= 0.3 is 0 Å². The van der Waals surface area contributed by atoms with Crippen molar-refractivity contribution in [2.75, 3.05) is 24.5 Å². The van der Waals surface area contributed by atoms with E-state index in [2.05, 4.69) is 36.2 Å². The molecule has 98 valence electrons. The average molecular weight is 247 g/mol. The van der Waals surface area contributed by atoms with E-state index >= 15 is 0 Å².